The molecule has 0 bridgehead atoms. The van der Waals surface area contributed by atoms with Gasteiger partial charge in [-0.1, -0.05) is 27.2 Å². The molecule has 0 radical (unpaired) electrons. The predicted molar refractivity (Wildman–Crippen MR) is 410 cm³/mol. The van der Waals surface area contributed by atoms with Gasteiger partial charge in [0.25, 0.3) is 5.92 Å². The van der Waals surface area contributed by atoms with Crippen molar-refractivity contribution in [3.63, 3.8) is 0 Å². The number of alkyl halides is 2. The second-order valence-electron chi connectivity index (χ2n) is 39.8. The van der Waals surface area contributed by atoms with Crippen molar-refractivity contribution >= 4 is 17.8 Å². The number of β-lactam (4-membered cyclic amide) rings is 1. The van der Waals surface area contributed by atoms with E-state index in [1.165, 1.54) is 136 Å². The number of carbonyl (C=O) groups excluding carboxylic acids is 3. The number of urea groups is 1. The van der Waals surface area contributed by atoms with Gasteiger partial charge in [0.2, 0.25) is 11.8 Å². The van der Waals surface area contributed by atoms with Gasteiger partial charge in [0.05, 0.1) is 13.1 Å². The molecule has 10 rings (SSSR count). The largest absolute Gasteiger partial charge is 0.338 e. The van der Waals surface area contributed by atoms with E-state index in [0.29, 0.717) is 45.0 Å². The summed E-state index contributed by atoms with van der Waals surface area (Å²) < 4.78 is 24.6. The van der Waals surface area contributed by atoms with Crippen molar-refractivity contribution in [1.29, 1.82) is 0 Å². The molecular formula is C80H163F2N11O3. The quantitative estimate of drug-likeness (QED) is 0.187. The van der Waals surface area contributed by atoms with Gasteiger partial charge in [0.1, 0.15) is 0 Å². The number of halogens is 2. The van der Waals surface area contributed by atoms with Crippen LogP contribution in [0.15, 0.2) is 0 Å². The number of nitrogens with one attached hydrogen (secondary N) is 1. The molecule has 4 amide bonds. The van der Waals surface area contributed by atoms with Crippen LogP contribution in [-0.4, -0.2) is 246 Å². The maximum atomic E-state index is 12.3. The molecule has 10 heterocycles. The first-order chi connectivity index (χ1) is 43.2. The van der Waals surface area contributed by atoms with E-state index in [9.17, 15) is 23.2 Å². The van der Waals surface area contributed by atoms with Crippen LogP contribution in [0.5, 0.6) is 0 Å². The normalized spacial score (nSPS) is 22.7. The van der Waals surface area contributed by atoms with Crippen molar-refractivity contribution in [2.45, 2.75) is 367 Å². The van der Waals surface area contributed by atoms with Gasteiger partial charge in [-0.2, -0.15) is 0 Å². The van der Waals surface area contributed by atoms with Crippen molar-refractivity contribution in [3.8, 4) is 0 Å². The third-order valence-electron chi connectivity index (χ3n) is 20.2. The van der Waals surface area contributed by atoms with Crippen LogP contribution in [0, 0.1) is 17.8 Å². The lowest BCUT2D eigenvalue weighted by Crippen LogP contribution is -2.62. The summed E-state index contributed by atoms with van der Waals surface area (Å²) in [5.41, 5.74) is 2.41. The summed E-state index contributed by atoms with van der Waals surface area (Å²) in [5, 5.41) is 2.76. The Morgan fingerprint density at radius 2 is 0.594 bits per heavy atom. The maximum Gasteiger partial charge on any atom is 0.317 e. The molecule has 10 fully saturated rings. The highest BCUT2D eigenvalue weighted by Gasteiger charge is 2.48. The molecule has 16 heteroatoms. The SMILES string of the molecule is CC(C)(C)N1CC(F)(F)C1.CC(C)(C)N1CC1.CC(C)(C)N1CCC1=O.CC(C)(C)N1CCCC1.CC(C)(C)N1CCCC1=O.CC(C)(C)N1CCCCC1.CC(C)(C)N1CCNC1=O.CC1CCN(C(C)(C)C)CC1.CC1CCN(C(C)(C)C)CC1.CC1CN(C(C)(C)C)C1. The zero-order valence-electron chi connectivity index (χ0n) is 69.9. The fraction of sp³-hybridized carbons (Fsp3) is 0.963. The minimum atomic E-state index is -2.42. The molecule has 10 aliphatic heterocycles. The van der Waals surface area contributed by atoms with Crippen molar-refractivity contribution in [2.75, 3.05) is 118 Å². The Kier molecular flexibility index (Phi) is 36.7. The molecule has 14 nitrogen and oxygen atoms in total. The van der Waals surface area contributed by atoms with E-state index in [0.717, 1.165) is 63.2 Å². The first-order valence-electron chi connectivity index (χ1n) is 38.5. The Hall–Kier alpha value is -2.21. The second-order valence-corrected chi connectivity index (χ2v) is 39.8. The summed E-state index contributed by atoms with van der Waals surface area (Å²) in [6, 6.07) is 0.0625. The Bertz CT molecular complexity index is 2090. The van der Waals surface area contributed by atoms with Gasteiger partial charge in [-0.05, 0) is 336 Å². The van der Waals surface area contributed by atoms with E-state index in [2.05, 4.69) is 222 Å². The van der Waals surface area contributed by atoms with E-state index in [1.807, 2.05) is 56.2 Å². The molecule has 0 aromatic rings. The number of likely N-dealkylation sites (tertiary alicyclic amines) is 8. The minimum absolute atomic E-state index is 0.0272. The maximum absolute atomic E-state index is 12.3. The molecule has 96 heavy (non-hydrogen) atoms. The zero-order chi connectivity index (χ0) is 74.7. The zero-order valence-corrected chi connectivity index (χ0v) is 69.9. The topological polar surface area (TPSA) is 95.4 Å². The standard InChI is InChI=1S/2C10H21N.C9H19N.C8H15NO.2C8H17N.C7H13F2N.C7H14N2O.C7H13NO.C6H13N/c2*1-9-5-7-11(8-6-9)10(2,3)4;1-9(2,3)10-7-5-4-6-8-10;1-8(2,3)9-6-4-5-7(9)10;1-7-5-9(6-7)8(2,3)4;1-8(2,3)9-6-4-5-7-9;1-6(2,3)10-4-7(8,9)5-10;1-7(2,3)9-5-4-8-6(9)10;1-7(2,3)8-5-4-6(8)9;1-6(2,3)7-4-5-7/h2*9H,5-8H2,1-4H3;4-8H2,1-3H3;4-6H2,1-3H3;7H,5-6H2,1-4H3;4-7H2,1-3H3;4-5H2,1-3H3;4-5H2,1-3H3,(H,8,10);4-5H2,1-3H3;4-5H2,1-3H3. The first-order valence-corrected chi connectivity index (χ1v) is 38.5. The van der Waals surface area contributed by atoms with Crippen LogP contribution in [0.25, 0.3) is 0 Å². The van der Waals surface area contributed by atoms with Crippen LogP contribution >= 0.6 is 0 Å². The van der Waals surface area contributed by atoms with Crippen molar-refractivity contribution in [2.24, 2.45) is 17.8 Å². The highest BCUT2D eigenvalue weighted by Crippen LogP contribution is 2.33. The Labute approximate surface area is 595 Å². The molecule has 0 atom stereocenters. The number of amides is 4. The Balaban J connectivity index is 0.000000534. The molecule has 0 unspecified atom stereocenters. The van der Waals surface area contributed by atoms with Crippen LogP contribution in [0.2, 0.25) is 0 Å². The highest BCUT2D eigenvalue weighted by molar-refractivity contribution is 5.82. The van der Waals surface area contributed by atoms with Gasteiger partial charge in [-0.25, -0.2) is 13.6 Å². The van der Waals surface area contributed by atoms with Crippen LogP contribution in [0.3, 0.4) is 0 Å². The molecule has 10 saturated heterocycles. The van der Waals surface area contributed by atoms with Crippen molar-refractivity contribution in [1.82, 2.24) is 54.3 Å². The molecule has 0 aromatic carbocycles. The molecule has 0 aromatic heterocycles. The summed E-state index contributed by atoms with van der Waals surface area (Å²) in [5.74, 6) is 1.02. The number of piperidine rings is 3. The highest BCUT2D eigenvalue weighted by atomic mass is 19.3. The fourth-order valence-electron chi connectivity index (χ4n) is 12.8. The molecular weight excluding hydrogens is 1200 g/mol. The van der Waals surface area contributed by atoms with Crippen LogP contribution in [0.1, 0.15) is 306 Å². The summed E-state index contributed by atoms with van der Waals surface area (Å²) in [4.78, 5) is 55.7. The number of hydrogen-bond acceptors (Lipinski definition) is 10. The third kappa shape index (κ3) is 37.1. The lowest BCUT2D eigenvalue weighted by atomic mass is 9.94. The number of carbonyl (C=O) groups is 3. The molecule has 10 aliphatic rings. The lowest BCUT2D eigenvalue weighted by molar-refractivity contribution is -0.160. The van der Waals surface area contributed by atoms with E-state index in [1.54, 1.807) is 4.90 Å². The van der Waals surface area contributed by atoms with E-state index < -0.39 is 5.92 Å². The average molecular weight is 1370 g/mol. The minimum Gasteiger partial charge on any atom is -0.338 e. The Morgan fingerprint density at radius 3 is 0.740 bits per heavy atom. The summed E-state index contributed by atoms with van der Waals surface area (Å²) in [6.45, 7) is 91.6. The fourth-order valence-corrected chi connectivity index (χ4v) is 12.8. The molecule has 570 valence electrons. The Morgan fingerprint density at radius 1 is 0.302 bits per heavy atom. The summed E-state index contributed by atoms with van der Waals surface area (Å²) in [6.07, 6.45) is 15.1. The second kappa shape index (κ2) is 38.3. The number of rotatable bonds is 0. The predicted octanol–water partition coefficient (Wildman–Crippen LogP) is 17.0. The summed E-state index contributed by atoms with van der Waals surface area (Å²) >= 11 is 0. The van der Waals surface area contributed by atoms with E-state index >= 15 is 0 Å². The van der Waals surface area contributed by atoms with Gasteiger partial charge in [0.15, 0.2) is 0 Å². The molecule has 0 saturated carbocycles. The van der Waals surface area contributed by atoms with Crippen LogP contribution in [-0.2, 0) is 9.59 Å². The monoisotopic (exact) mass is 1360 g/mol. The van der Waals surface area contributed by atoms with Gasteiger partial charge < -0.3 is 20.0 Å². The average Bonchev–Trinajstić information content (AvgIpc) is 1.26. The van der Waals surface area contributed by atoms with Crippen LogP contribution < -0.4 is 5.32 Å². The van der Waals surface area contributed by atoms with Gasteiger partial charge in [-0.15, -0.1) is 0 Å². The third-order valence-corrected chi connectivity index (χ3v) is 20.2. The number of hydrogen-bond donors (Lipinski definition) is 1. The van der Waals surface area contributed by atoms with E-state index in [-0.39, 0.29) is 41.3 Å². The number of nitrogens with zero attached hydrogens (tertiary/aromatic N) is 10. The van der Waals surface area contributed by atoms with Gasteiger partial charge >= 0.3 is 6.03 Å². The molecule has 0 aliphatic carbocycles. The molecule has 0 spiro atoms. The van der Waals surface area contributed by atoms with Crippen molar-refractivity contribution in [3.05, 3.63) is 0 Å². The van der Waals surface area contributed by atoms with Crippen LogP contribution in [0.4, 0.5) is 13.6 Å². The first kappa shape index (κ1) is 91.8. The lowest BCUT2D eigenvalue weighted by Gasteiger charge is -2.47. The molecule has 1 N–H and O–H groups in total. The smallest absolute Gasteiger partial charge is 0.317 e. The summed E-state index contributed by atoms with van der Waals surface area (Å²) in [7, 11) is 0. The van der Waals surface area contributed by atoms with Crippen molar-refractivity contribution < 1.29 is 23.2 Å². The van der Waals surface area contributed by atoms with E-state index in [4.69, 9.17) is 0 Å². The van der Waals surface area contributed by atoms with Gasteiger partial charge in [0, 0.05) is 121 Å². The van der Waals surface area contributed by atoms with Gasteiger partial charge in [-0.3, -0.25) is 43.9 Å².